The Kier molecular flexibility index (Phi) is 6.66. The summed E-state index contributed by atoms with van der Waals surface area (Å²) in [4.78, 5) is 19.8. The zero-order chi connectivity index (χ0) is 25.6. The molecule has 6 nitrogen and oxygen atoms in total. The van der Waals surface area contributed by atoms with Gasteiger partial charge in [-0.15, -0.1) is 0 Å². The van der Waals surface area contributed by atoms with Crippen molar-refractivity contribution in [3.05, 3.63) is 86.4 Å². The van der Waals surface area contributed by atoms with Gasteiger partial charge < -0.3 is 5.32 Å². The molecule has 1 amide bonds. The Bertz CT molecular complexity index is 1400. The molecule has 0 saturated carbocycles. The number of amidine groups is 2. The number of nitrogens with one attached hydrogen (secondary N) is 3. The average Bonchev–Trinajstić information content (AvgIpc) is 3.38. The van der Waals surface area contributed by atoms with Gasteiger partial charge in [-0.2, -0.15) is 11.8 Å². The summed E-state index contributed by atoms with van der Waals surface area (Å²) in [5, 5.41) is 21.1. The molecule has 2 aromatic rings. The highest BCUT2D eigenvalue weighted by Crippen LogP contribution is 2.36. The summed E-state index contributed by atoms with van der Waals surface area (Å²) in [6, 6.07) is 12.7. The van der Waals surface area contributed by atoms with Crippen LogP contribution < -0.4 is 5.32 Å². The Morgan fingerprint density at radius 3 is 2.64 bits per heavy atom. The van der Waals surface area contributed by atoms with Gasteiger partial charge in [-0.3, -0.25) is 25.5 Å². The van der Waals surface area contributed by atoms with Gasteiger partial charge in [0.05, 0.1) is 12.1 Å². The van der Waals surface area contributed by atoms with Crippen molar-refractivity contribution in [3.8, 4) is 0 Å². The topological polar surface area (TPSA) is 92.4 Å². The quantitative estimate of drug-likeness (QED) is 0.274. The van der Waals surface area contributed by atoms with Crippen LogP contribution in [0.3, 0.4) is 0 Å². The van der Waals surface area contributed by atoms with Crippen LogP contribution in [0.1, 0.15) is 43.9 Å². The average molecular weight is 515 g/mol. The maximum Gasteiger partial charge on any atom is 0.227 e. The van der Waals surface area contributed by atoms with E-state index < -0.39 is 6.04 Å². The van der Waals surface area contributed by atoms with Gasteiger partial charge in [0, 0.05) is 33.4 Å². The van der Waals surface area contributed by atoms with Crippen LogP contribution in [0, 0.1) is 10.8 Å². The van der Waals surface area contributed by atoms with Crippen molar-refractivity contribution in [2.75, 3.05) is 5.32 Å². The molecule has 0 aliphatic carbocycles. The van der Waals surface area contributed by atoms with Crippen molar-refractivity contribution < 1.29 is 4.79 Å². The molecule has 0 fully saturated rings. The van der Waals surface area contributed by atoms with Gasteiger partial charge in [0.15, 0.2) is 0 Å². The normalized spacial score (nSPS) is 19.0. The van der Waals surface area contributed by atoms with Crippen LogP contribution in [0.2, 0.25) is 5.02 Å². The molecule has 2 aromatic carbocycles. The van der Waals surface area contributed by atoms with Crippen LogP contribution in [0.15, 0.2) is 69.7 Å². The maximum absolute atomic E-state index is 13.2. The summed E-state index contributed by atoms with van der Waals surface area (Å²) in [6.45, 7) is 5.70. The van der Waals surface area contributed by atoms with Gasteiger partial charge in [-0.25, -0.2) is 0 Å². The molecule has 0 aromatic heterocycles. The Balaban J connectivity index is 1.52. The van der Waals surface area contributed by atoms with Gasteiger partial charge in [0.2, 0.25) is 13.2 Å². The summed E-state index contributed by atoms with van der Waals surface area (Å²) in [5.74, 6) is 2.06. The molecule has 0 unspecified atom stereocenters. The van der Waals surface area contributed by atoms with Crippen LogP contribution in [-0.2, 0) is 16.3 Å². The van der Waals surface area contributed by atoms with E-state index in [9.17, 15) is 4.79 Å². The number of allylic oxidation sites excluding steroid dienone is 3. The third-order valence-corrected chi connectivity index (χ3v) is 8.01. The first-order chi connectivity index (χ1) is 17.2. The summed E-state index contributed by atoms with van der Waals surface area (Å²) in [6.07, 6.45) is -0.00611. The van der Waals surface area contributed by atoms with Gasteiger partial charge in [-0.05, 0) is 54.8 Å². The van der Waals surface area contributed by atoms with E-state index in [2.05, 4.69) is 11.4 Å². The fourth-order valence-electron chi connectivity index (χ4n) is 4.78. The smallest absolute Gasteiger partial charge is 0.227 e. The molecular formula is C27H26BClN5OS. The number of amides is 1. The second-order valence-electron chi connectivity index (χ2n) is 9.25. The zero-order valence-electron chi connectivity index (χ0n) is 20.4. The maximum atomic E-state index is 13.2. The van der Waals surface area contributed by atoms with Crippen LogP contribution in [0.25, 0.3) is 0 Å². The van der Waals surface area contributed by atoms with E-state index >= 15 is 0 Å². The molecule has 1 radical (unpaired) electrons. The third-order valence-electron chi connectivity index (χ3n) is 6.73. The molecule has 9 heteroatoms. The molecule has 1 atom stereocenters. The Labute approximate surface area is 221 Å². The second-order valence-corrected chi connectivity index (χ2v) is 10.7. The fourth-order valence-corrected chi connectivity index (χ4v) is 6.00. The number of hydrogen-bond acceptors (Lipinski definition) is 5. The molecule has 3 aliphatic heterocycles. The predicted octanol–water partition coefficient (Wildman–Crippen LogP) is 5.79. The van der Waals surface area contributed by atoms with E-state index in [1.165, 1.54) is 11.1 Å². The SMILES string of the molecule is CC(=N)N1C(=N)[C@H](CC(=O)Nc2ccc3c(c2)CSC3)N=C(c2ccc(Cl)cc2)C2=C1[B]C(C)=C2C. The second kappa shape index (κ2) is 9.75. The largest absolute Gasteiger partial charge is 0.326 e. The lowest BCUT2D eigenvalue weighted by Gasteiger charge is -2.27. The summed E-state index contributed by atoms with van der Waals surface area (Å²) < 4.78 is 0. The van der Waals surface area contributed by atoms with Gasteiger partial charge in [-0.1, -0.05) is 47.8 Å². The van der Waals surface area contributed by atoms with Crippen molar-refractivity contribution in [1.82, 2.24) is 4.90 Å². The highest BCUT2D eigenvalue weighted by atomic mass is 35.5. The minimum Gasteiger partial charge on any atom is -0.326 e. The molecule has 181 valence electrons. The van der Waals surface area contributed by atoms with Crippen molar-refractivity contribution in [2.45, 2.75) is 44.7 Å². The number of nitrogens with zero attached hydrogens (tertiary/aromatic N) is 2. The lowest BCUT2D eigenvalue weighted by Crippen LogP contribution is -2.42. The van der Waals surface area contributed by atoms with E-state index in [0.29, 0.717) is 10.7 Å². The van der Waals surface area contributed by atoms with E-state index in [1.807, 2.05) is 69.3 Å². The molecular weight excluding hydrogens is 489 g/mol. The number of carbonyl (C=O) groups is 1. The third kappa shape index (κ3) is 4.55. The Morgan fingerprint density at radius 1 is 1.19 bits per heavy atom. The Morgan fingerprint density at radius 2 is 1.92 bits per heavy atom. The minimum absolute atomic E-state index is 0.00611. The summed E-state index contributed by atoms with van der Waals surface area (Å²) in [7, 11) is 1.99. The van der Waals surface area contributed by atoms with Gasteiger partial charge in [0.25, 0.3) is 0 Å². The summed E-state index contributed by atoms with van der Waals surface area (Å²) >= 11 is 8.02. The van der Waals surface area contributed by atoms with Crippen molar-refractivity contribution in [2.24, 2.45) is 4.99 Å². The molecule has 3 N–H and O–H groups in total. The number of thioether (sulfide) groups is 1. The number of fused-ring (bicyclic) bond motifs is 1. The van der Waals surface area contributed by atoms with Crippen molar-refractivity contribution >= 4 is 59.6 Å². The number of aliphatic imine (C=N–C) groups is 1. The molecule has 3 heterocycles. The van der Waals surface area contributed by atoms with Crippen LogP contribution >= 0.6 is 23.4 Å². The standard InChI is InChI=1S/C27H26BClN5OS/c1-14-15(2)28-26-24(14)25(17-4-7-20(29)8-5-17)33-22(27(31)34(26)16(3)30)11-23(35)32-21-9-6-18-12-36-13-19(18)10-21/h4-10,22,30-31H,11-13H2,1-3H3,(H,32,35)/t22-/m0/s1. The first kappa shape index (κ1) is 24.6. The molecule has 0 spiro atoms. The van der Waals surface area contributed by atoms with Crippen LogP contribution in [0.5, 0.6) is 0 Å². The summed E-state index contributed by atoms with van der Waals surface area (Å²) in [5.41, 5.74) is 8.61. The number of halogens is 1. The highest BCUT2D eigenvalue weighted by molar-refractivity contribution is 7.98. The van der Waals surface area contributed by atoms with E-state index in [0.717, 1.165) is 45.0 Å². The van der Waals surface area contributed by atoms with Crippen molar-refractivity contribution in [1.29, 1.82) is 10.8 Å². The zero-order valence-corrected chi connectivity index (χ0v) is 22.0. The predicted molar refractivity (Wildman–Crippen MR) is 151 cm³/mol. The molecule has 3 aliphatic rings. The first-order valence-electron chi connectivity index (χ1n) is 11.8. The Hall–Kier alpha value is -3.10. The number of anilines is 1. The van der Waals surface area contributed by atoms with E-state index in [-0.39, 0.29) is 24.0 Å². The molecule has 0 bridgehead atoms. The van der Waals surface area contributed by atoms with Gasteiger partial charge in [0.1, 0.15) is 17.7 Å². The minimum atomic E-state index is -0.756. The van der Waals surface area contributed by atoms with E-state index in [1.54, 1.807) is 11.8 Å². The number of hydrogen-bond donors (Lipinski definition) is 3. The fraction of sp³-hybridized carbons (Fsp3) is 0.259. The lowest BCUT2D eigenvalue weighted by molar-refractivity contribution is -0.116. The number of benzene rings is 2. The van der Waals surface area contributed by atoms with Crippen LogP contribution in [0.4, 0.5) is 5.69 Å². The van der Waals surface area contributed by atoms with Crippen molar-refractivity contribution in [3.63, 3.8) is 0 Å². The number of carbonyl (C=O) groups excluding carboxylic acids is 1. The molecule has 0 saturated heterocycles. The monoisotopic (exact) mass is 514 g/mol. The number of rotatable bonds is 4. The molecule has 36 heavy (non-hydrogen) atoms. The van der Waals surface area contributed by atoms with E-state index in [4.69, 9.17) is 27.4 Å². The van der Waals surface area contributed by atoms with Gasteiger partial charge >= 0.3 is 0 Å². The lowest BCUT2D eigenvalue weighted by atomic mass is 9.69. The molecule has 5 rings (SSSR count). The first-order valence-corrected chi connectivity index (χ1v) is 13.3. The van der Waals surface area contributed by atoms with Crippen LogP contribution in [-0.4, -0.2) is 41.5 Å². The highest BCUT2D eigenvalue weighted by Gasteiger charge is 2.37.